The van der Waals surface area contributed by atoms with E-state index in [1.54, 1.807) is 18.3 Å². The highest BCUT2D eigenvalue weighted by molar-refractivity contribution is 6.30. The summed E-state index contributed by atoms with van der Waals surface area (Å²) >= 11 is 5.97. The minimum Gasteiger partial charge on any atom is -0.361 e. The van der Waals surface area contributed by atoms with Gasteiger partial charge >= 0.3 is 0 Å². The van der Waals surface area contributed by atoms with E-state index in [1.165, 1.54) is 6.07 Å². The second kappa shape index (κ2) is 6.62. The molecule has 0 saturated heterocycles. The Morgan fingerprint density at radius 1 is 1.40 bits per heavy atom. The SMILES string of the molecule is C=CN/C1=C\C=C(\c2cc(Cl)ccc2F)CCCN1C. The summed E-state index contributed by atoms with van der Waals surface area (Å²) in [4.78, 5) is 2.11. The number of hydrogen-bond acceptors (Lipinski definition) is 2. The van der Waals surface area contributed by atoms with Crippen molar-refractivity contribution < 1.29 is 4.39 Å². The van der Waals surface area contributed by atoms with Gasteiger partial charge in [0.15, 0.2) is 0 Å². The smallest absolute Gasteiger partial charge is 0.130 e. The second-order valence-corrected chi connectivity index (χ2v) is 5.18. The van der Waals surface area contributed by atoms with Gasteiger partial charge in [0.05, 0.1) is 0 Å². The van der Waals surface area contributed by atoms with Gasteiger partial charge in [0.25, 0.3) is 0 Å². The van der Waals surface area contributed by atoms with Crippen molar-refractivity contribution in [3.05, 3.63) is 65.4 Å². The van der Waals surface area contributed by atoms with Crippen molar-refractivity contribution in [1.82, 2.24) is 10.2 Å². The molecule has 1 N–H and O–H groups in total. The van der Waals surface area contributed by atoms with Crippen molar-refractivity contribution >= 4 is 17.2 Å². The van der Waals surface area contributed by atoms with Crippen molar-refractivity contribution in [1.29, 1.82) is 0 Å². The fraction of sp³-hybridized carbons (Fsp3) is 0.250. The van der Waals surface area contributed by atoms with Crippen molar-refractivity contribution in [2.24, 2.45) is 0 Å². The zero-order chi connectivity index (χ0) is 14.5. The highest BCUT2D eigenvalue weighted by Gasteiger charge is 2.12. The van der Waals surface area contributed by atoms with E-state index in [0.717, 1.165) is 30.8 Å². The summed E-state index contributed by atoms with van der Waals surface area (Å²) < 4.78 is 13.9. The van der Waals surface area contributed by atoms with Crippen LogP contribution in [0.15, 0.2) is 49.0 Å². The molecule has 1 aromatic carbocycles. The van der Waals surface area contributed by atoms with Gasteiger partial charge in [0, 0.05) is 24.2 Å². The Morgan fingerprint density at radius 3 is 2.95 bits per heavy atom. The van der Waals surface area contributed by atoms with Crippen LogP contribution in [-0.2, 0) is 0 Å². The molecule has 4 heteroatoms. The Hall–Kier alpha value is -1.74. The quantitative estimate of drug-likeness (QED) is 0.900. The molecule has 0 atom stereocenters. The molecular formula is C16H18ClFN2. The lowest BCUT2D eigenvalue weighted by Gasteiger charge is -2.24. The van der Waals surface area contributed by atoms with Gasteiger partial charge in [-0.15, -0.1) is 0 Å². The molecule has 0 radical (unpaired) electrons. The van der Waals surface area contributed by atoms with Gasteiger partial charge < -0.3 is 10.2 Å². The maximum Gasteiger partial charge on any atom is 0.130 e. The van der Waals surface area contributed by atoms with Gasteiger partial charge in [-0.3, -0.25) is 0 Å². The molecule has 1 aliphatic heterocycles. The summed E-state index contributed by atoms with van der Waals surface area (Å²) in [6.07, 6.45) is 7.29. The van der Waals surface area contributed by atoms with Gasteiger partial charge in [-0.25, -0.2) is 4.39 Å². The highest BCUT2D eigenvalue weighted by Crippen LogP contribution is 2.27. The van der Waals surface area contributed by atoms with Crippen molar-refractivity contribution in [2.45, 2.75) is 12.8 Å². The third-order valence-electron chi connectivity index (χ3n) is 3.32. The van der Waals surface area contributed by atoms with Gasteiger partial charge in [-0.2, -0.15) is 0 Å². The summed E-state index contributed by atoms with van der Waals surface area (Å²) in [7, 11) is 2.02. The molecule has 0 bridgehead atoms. The maximum absolute atomic E-state index is 13.9. The Morgan fingerprint density at radius 2 is 2.20 bits per heavy atom. The molecule has 0 spiro atoms. The molecule has 1 aliphatic rings. The Labute approximate surface area is 124 Å². The van der Waals surface area contributed by atoms with Crippen LogP contribution in [0.25, 0.3) is 5.57 Å². The Bertz CT molecular complexity index is 564. The molecule has 0 aromatic heterocycles. The van der Waals surface area contributed by atoms with E-state index < -0.39 is 0 Å². The zero-order valence-corrected chi connectivity index (χ0v) is 12.3. The number of halogens is 2. The predicted octanol–water partition coefficient (Wildman–Crippen LogP) is 4.16. The number of allylic oxidation sites excluding steroid dienone is 3. The third-order valence-corrected chi connectivity index (χ3v) is 3.55. The third kappa shape index (κ3) is 3.42. The highest BCUT2D eigenvalue weighted by atomic mass is 35.5. The molecule has 2 rings (SSSR count). The number of benzene rings is 1. The van der Waals surface area contributed by atoms with E-state index >= 15 is 0 Å². The standard InChI is InChI=1S/C16H18ClFN2/c1-3-19-16-9-6-12(5-4-10-20(16)2)14-11-13(17)7-8-15(14)18/h3,6-9,11,19H,1,4-5,10H2,2H3/b12-6+,16-9+. The summed E-state index contributed by atoms with van der Waals surface area (Å²) in [6, 6.07) is 4.66. The van der Waals surface area contributed by atoms with Crippen LogP contribution < -0.4 is 5.32 Å². The predicted molar refractivity (Wildman–Crippen MR) is 82.7 cm³/mol. The number of nitrogens with one attached hydrogen (secondary N) is 1. The first-order chi connectivity index (χ1) is 9.61. The largest absolute Gasteiger partial charge is 0.361 e. The maximum atomic E-state index is 13.9. The van der Waals surface area contributed by atoms with Gasteiger partial charge in [-0.1, -0.05) is 24.3 Å². The van der Waals surface area contributed by atoms with Crippen molar-refractivity contribution in [3.8, 4) is 0 Å². The minimum absolute atomic E-state index is 0.235. The average Bonchev–Trinajstić information content (AvgIpc) is 2.41. The zero-order valence-electron chi connectivity index (χ0n) is 11.5. The molecule has 0 saturated carbocycles. The number of rotatable bonds is 3. The molecule has 0 amide bonds. The average molecular weight is 293 g/mol. The molecular weight excluding hydrogens is 275 g/mol. The molecule has 0 unspecified atom stereocenters. The topological polar surface area (TPSA) is 15.3 Å². The summed E-state index contributed by atoms with van der Waals surface area (Å²) in [5, 5.41) is 3.64. The first-order valence-electron chi connectivity index (χ1n) is 6.56. The van der Waals surface area contributed by atoms with Crippen LogP contribution in [0.5, 0.6) is 0 Å². The Kier molecular flexibility index (Phi) is 4.85. The lowest BCUT2D eigenvalue weighted by atomic mass is 9.99. The fourth-order valence-corrected chi connectivity index (χ4v) is 2.42. The van der Waals surface area contributed by atoms with Crippen LogP contribution >= 0.6 is 11.6 Å². The molecule has 1 aromatic rings. The summed E-state index contributed by atoms with van der Waals surface area (Å²) in [5.41, 5.74) is 1.54. The van der Waals surface area contributed by atoms with Crippen LogP contribution in [0.2, 0.25) is 5.02 Å². The second-order valence-electron chi connectivity index (χ2n) is 4.74. The number of nitrogens with zero attached hydrogens (tertiary/aromatic N) is 1. The van der Waals surface area contributed by atoms with Crippen LogP contribution in [0, 0.1) is 5.82 Å². The monoisotopic (exact) mass is 292 g/mol. The van der Waals surface area contributed by atoms with Crippen LogP contribution in [0.3, 0.4) is 0 Å². The summed E-state index contributed by atoms with van der Waals surface area (Å²) in [6.45, 7) is 4.56. The summed E-state index contributed by atoms with van der Waals surface area (Å²) in [5.74, 6) is 0.709. The van der Waals surface area contributed by atoms with Gasteiger partial charge in [0.2, 0.25) is 0 Å². The molecule has 20 heavy (non-hydrogen) atoms. The normalized spacial score (nSPS) is 21.1. The van der Waals surface area contributed by atoms with Crippen molar-refractivity contribution in [2.75, 3.05) is 13.6 Å². The van der Waals surface area contributed by atoms with Crippen LogP contribution in [0.4, 0.5) is 4.39 Å². The number of hydrogen-bond donors (Lipinski definition) is 1. The lowest BCUT2D eigenvalue weighted by Crippen LogP contribution is -2.27. The molecule has 0 aliphatic carbocycles. The van der Waals surface area contributed by atoms with Gasteiger partial charge in [0.1, 0.15) is 11.6 Å². The van der Waals surface area contributed by atoms with E-state index in [-0.39, 0.29) is 5.82 Å². The van der Waals surface area contributed by atoms with E-state index in [9.17, 15) is 4.39 Å². The van der Waals surface area contributed by atoms with Gasteiger partial charge in [-0.05, 0) is 48.9 Å². The van der Waals surface area contributed by atoms with Crippen LogP contribution in [-0.4, -0.2) is 18.5 Å². The van der Waals surface area contributed by atoms with Crippen LogP contribution in [0.1, 0.15) is 18.4 Å². The van der Waals surface area contributed by atoms with E-state index in [1.807, 2.05) is 19.2 Å². The van der Waals surface area contributed by atoms with E-state index in [2.05, 4.69) is 16.8 Å². The first-order valence-corrected chi connectivity index (χ1v) is 6.94. The van der Waals surface area contributed by atoms with Crippen molar-refractivity contribution in [3.63, 3.8) is 0 Å². The molecule has 2 nitrogen and oxygen atoms in total. The lowest BCUT2D eigenvalue weighted by molar-refractivity contribution is 0.390. The minimum atomic E-state index is -0.235. The van der Waals surface area contributed by atoms with E-state index in [4.69, 9.17) is 11.6 Å². The molecule has 0 fully saturated rings. The van der Waals surface area contributed by atoms with E-state index in [0.29, 0.717) is 10.6 Å². The fourth-order valence-electron chi connectivity index (χ4n) is 2.25. The molecule has 1 heterocycles. The first kappa shape index (κ1) is 14.7. The Balaban J connectivity index is 2.39. The molecule has 106 valence electrons.